The highest BCUT2D eigenvalue weighted by Crippen LogP contribution is 2.53. The van der Waals surface area contributed by atoms with Crippen molar-refractivity contribution in [1.82, 2.24) is 10.2 Å². The van der Waals surface area contributed by atoms with E-state index in [1.54, 1.807) is 11.4 Å². The Bertz CT molecular complexity index is 946. The molecule has 1 atom stereocenters. The second-order valence-corrected chi connectivity index (χ2v) is 10.4. The van der Waals surface area contributed by atoms with E-state index in [9.17, 15) is 27.6 Å². The topological polar surface area (TPSA) is 66.5 Å². The molecule has 1 fully saturated rings. The Labute approximate surface area is 182 Å². The second kappa shape index (κ2) is 7.46. The average Bonchev–Trinajstić information content (AvgIpc) is 3.27. The van der Waals surface area contributed by atoms with Gasteiger partial charge in [-0.3, -0.25) is 14.4 Å². The van der Waals surface area contributed by atoms with E-state index in [-0.39, 0.29) is 23.4 Å². The van der Waals surface area contributed by atoms with Crippen LogP contribution in [0.5, 0.6) is 0 Å². The molecule has 0 spiro atoms. The molecule has 31 heavy (non-hydrogen) atoms. The molecule has 2 amide bonds. The van der Waals surface area contributed by atoms with Crippen LogP contribution in [0.2, 0.25) is 0 Å². The Hall–Kier alpha value is -2.16. The number of ketones is 1. The minimum Gasteiger partial charge on any atom is -0.326 e. The fourth-order valence-corrected chi connectivity index (χ4v) is 5.76. The Morgan fingerprint density at radius 1 is 1.16 bits per heavy atom. The number of nitrogens with zero attached hydrogens (tertiary/aromatic N) is 1. The quantitative estimate of drug-likeness (QED) is 0.726. The minimum atomic E-state index is -5.15. The molecule has 0 bridgehead atoms. The van der Waals surface area contributed by atoms with Crippen LogP contribution in [0.15, 0.2) is 28.8 Å². The van der Waals surface area contributed by atoms with Gasteiger partial charge < -0.3 is 10.2 Å². The first-order chi connectivity index (χ1) is 14.5. The lowest BCUT2D eigenvalue weighted by Crippen LogP contribution is -2.66. The van der Waals surface area contributed by atoms with Crippen molar-refractivity contribution >= 4 is 28.9 Å². The van der Waals surface area contributed by atoms with E-state index in [1.807, 2.05) is 19.2 Å². The van der Waals surface area contributed by atoms with Crippen molar-refractivity contribution in [3.8, 4) is 0 Å². The van der Waals surface area contributed by atoms with Gasteiger partial charge in [0.15, 0.2) is 5.78 Å². The summed E-state index contributed by atoms with van der Waals surface area (Å²) in [5.74, 6) is -2.97. The zero-order valence-corrected chi connectivity index (χ0v) is 18.3. The molecule has 4 rings (SSSR count). The van der Waals surface area contributed by atoms with Crippen LogP contribution in [0.25, 0.3) is 0 Å². The van der Waals surface area contributed by atoms with E-state index >= 15 is 0 Å². The van der Waals surface area contributed by atoms with Crippen LogP contribution in [-0.4, -0.2) is 40.3 Å². The number of carbonyl (C=O) groups excluding carboxylic acids is 3. The monoisotopic (exact) mass is 454 g/mol. The van der Waals surface area contributed by atoms with Crippen LogP contribution in [0.1, 0.15) is 68.5 Å². The van der Waals surface area contributed by atoms with E-state index in [1.165, 1.54) is 11.0 Å². The van der Waals surface area contributed by atoms with E-state index in [4.69, 9.17) is 0 Å². The van der Waals surface area contributed by atoms with Gasteiger partial charge in [0.25, 0.3) is 11.8 Å². The molecular weight excluding hydrogens is 429 g/mol. The summed E-state index contributed by atoms with van der Waals surface area (Å²) in [4.78, 5) is 40.7. The van der Waals surface area contributed by atoms with Crippen LogP contribution < -0.4 is 5.32 Å². The lowest BCUT2D eigenvalue weighted by Gasteiger charge is -2.37. The standard InChI is InChI=1S/C22H25F3N2O3S/c1-20(2)11-14-17(15(28)12-20)21(22(23,24)25,26-18(29)16-9-6-10-31-16)19(30)27(14)13-7-4-3-5-8-13/h6,9-10,13H,3-5,7-8,11-12H2,1-2H3,(H,26,29)/t21-/m0/s1. The number of amides is 2. The fraction of sp³-hybridized carbons (Fsp3) is 0.591. The molecule has 5 nitrogen and oxygen atoms in total. The van der Waals surface area contributed by atoms with Gasteiger partial charge in [-0.1, -0.05) is 39.2 Å². The van der Waals surface area contributed by atoms with E-state index in [2.05, 4.69) is 0 Å². The first-order valence-electron chi connectivity index (χ1n) is 10.5. The number of halogens is 3. The van der Waals surface area contributed by atoms with Crippen molar-refractivity contribution in [2.45, 2.75) is 76.6 Å². The zero-order valence-electron chi connectivity index (χ0n) is 17.5. The van der Waals surface area contributed by atoms with E-state index < -0.39 is 46.3 Å². The van der Waals surface area contributed by atoms with Crippen molar-refractivity contribution in [3.05, 3.63) is 33.7 Å². The molecular formula is C22H25F3N2O3S. The van der Waals surface area contributed by atoms with Crippen molar-refractivity contribution < 1.29 is 27.6 Å². The van der Waals surface area contributed by atoms with Gasteiger partial charge in [-0.2, -0.15) is 13.2 Å². The zero-order chi connectivity index (χ0) is 22.6. The Balaban J connectivity index is 1.88. The van der Waals surface area contributed by atoms with Gasteiger partial charge >= 0.3 is 6.18 Å². The first-order valence-corrected chi connectivity index (χ1v) is 11.4. The molecule has 1 aromatic heterocycles. The number of thiophene rings is 1. The van der Waals surface area contributed by atoms with E-state index in [0.717, 1.165) is 30.6 Å². The fourth-order valence-electron chi connectivity index (χ4n) is 5.14. The molecule has 9 heteroatoms. The predicted octanol–water partition coefficient (Wildman–Crippen LogP) is 4.60. The Kier molecular flexibility index (Phi) is 5.31. The number of allylic oxidation sites excluding steroid dienone is 1. The first kappa shape index (κ1) is 22.0. The van der Waals surface area contributed by atoms with Crippen LogP contribution in [0.3, 0.4) is 0 Å². The number of hydrogen-bond donors (Lipinski definition) is 1. The molecule has 1 N–H and O–H groups in total. The van der Waals surface area contributed by atoms with Crippen LogP contribution in [0.4, 0.5) is 13.2 Å². The van der Waals surface area contributed by atoms with Crippen molar-refractivity contribution in [2.24, 2.45) is 5.41 Å². The summed E-state index contributed by atoms with van der Waals surface area (Å²) in [5, 5.41) is 3.56. The average molecular weight is 455 g/mol. The summed E-state index contributed by atoms with van der Waals surface area (Å²) in [7, 11) is 0. The van der Waals surface area contributed by atoms with Crippen molar-refractivity contribution in [3.63, 3.8) is 0 Å². The summed E-state index contributed by atoms with van der Waals surface area (Å²) < 4.78 is 44.1. The highest BCUT2D eigenvalue weighted by Gasteiger charge is 2.72. The van der Waals surface area contributed by atoms with Crippen LogP contribution in [-0.2, 0) is 9.59 Å². The lowest BCUT2D eigenvalue weighted by molar-refractivity contribution is -0.191. The number of alkyl halides is 3. The lowest BCUT2D eigenvalue weighted by atomic mass is 9.72. The molecule has 0 radical (unpaired) electrons. The van der Waals surface area contributed by atoms with Gasteiger partial charge in [0.1, 0.15) is 0 Å². The number of hydrogen-bond acceptors (Lipinski definition) is 4. The van der Waals surface area contributed by atoms with Gasteiger partial charge in [-0.25, -0.2) is 0 Å². The number of nitrogens with one attached hydrogen (secondary N) is 1. The van der Waals surface area contributed by atoms with Gasteiger partial charge in [-0.05, 0) is 36.1 Å². The Morgan fingerprint density at radius 3 is 2.42 bits per heavy atom. The second-order valence-electron chi connectivity index (χ2n) is 9.41. The summed E-state index contributed by atoms with van der Waals surface area (Å²) in [6.45, 7) is 3.63. The minimum absolute atomic E-state index is 0.0540. The van der Waals surface area contributed by atoms with Crippen molar-refractivity contribution in [2.75, 3.05) is 0 Å². The molecule has 2 heterocycles. The third-order valence-corrected chi connectivity index (χ3v) is 7.34. The molecule has 1 saturated carbocycles. The number of carbonyl (C=O) groups is 3. The number of rotatable bonds is 3. The maximum Gasteiger partial charge on any atom is 0.425 e. The molecule has 0 unspecified atom stereocenters. The maximum absolute atomic E-state index is 14.7. The van der Waals surface area contributed by atoms with Gasteiger partial charge in [0.2, 0.25) is 5.54 Å². The van der Waals surface area contributed by atoms with Crippen LogP contribution in [0, 0.1) is 5.41 Å². The SMILES string of the molecule is CC1(C)CC(=O)C2=C(C1)N(C1CCCCC1)C(=O)[C@]2(NC(=O)c1cccs1)C(F)(F)F. The van der Waals surface area contributed by atoms with Crippen molar-refractivity contribution in [1.29, 1.82) is 0 Å². The smallest absolute Gasteiger partial charge is 0.326 e. The number of Topliss-reactive ketones (excluding diaryl/α,β-unsaturated/α-hetero) is 1. The van der Waals surface area contributed by atoms with E-state index in [0.29, 0.717) is 12.8 Å². The normalized spacial score (nSPS) is 26.9. The highest BCUT2D eigenvalue weighted by atomic mass is 32.1. The highest BCUT2D eigenvalue weighted by molar-refractivity contribution is 7.12. The van der Waals surface area contributed by atoms with Gasteiger partial charge in [-0.15, -0.1) is 11.3 Å². The molecule has 1 aromatic rings. The summed E-state index contributed by atoms with van der Waals surface area (Å²) in [6, 6.07) is 2.54. The predicted molar refractivity (Wildman–Crippen MR) is 109 cm³/mol. The maximum atomic E-state index is 14.7. The van der Waals surface area contributed by atoms with Crippen LogP contribution >= 0.6 is 11.3 Å². The summed E-state index contributed by atoms with van der Waals surface area (Å²) >= 11 is 0.978. The molecule has 0 saturated heterocycles. The Morgan fingerprint density at radius 2 is 1.84 bits per heavy atom. The molecule has 3 aliphatic rings. The molecule has 168 valence electrons. The van der Waals surface area contributed by atoms with Gasteiger partial charge in [0, 0.05) is 18.2 Å². The third-order valence-electron chi connectivity index (χ3n) is 6.47. The van der Waals surface area contributed by atoms with Gasteiger partial charge in [0.05, 0.1) is 10.5 Å². The molecule has 2 aliphatic carbocycles. The third kappa shape index (κ3) is 3.50. The summed E-state index contributed by atoms with van der Waals surface area (Å²) in [5.41, 5.74) is -4.35. The largest absolute Gasteiger partial charge is 0.425 e. The summed E-state index contributed by atoms with van der Waals surface area (Å²) in [6.07, 6.45) is -1.31. The molecule has 1 aliphatic heterocycles. The molecule has 0 aromatic carbocycles.